The van der Waals surface area contributed by atoms with E-state index in [2.05, 4.69) is 5.10 Å². The Morgan fingerprint density at radius 2 is 2.05 bits per heavy atom. The van der Waals surface area contributed by atoms with Gasteiger partial charge in [0.2, 0.25) is 0 Å². The van der Waals surface area contributed by atoms with Crippen LogP contribution in [0.5, 0.6) is 0 Å². The van der Waals surface area contributed by atoms with Crippen LogP contribution in [-0.2, 0) is 6.18 Å². The maximum atomic E-state index is 12.8. The number of benzene rings is 1. The Kier molecular flexibility index (Phi) is 2.89. The molecule has 1 aromatic carbocycles. The number of rotatable bonds is 2. The van der Waals surface area contributed by atoms with Crippen molar-refractivity contribution in [2.24, 2.45) is 0 Å². The Morgan fingerprint density at radius 1 is 1.37 bits per heavy atom. The van der Waals surface area contributed by atoms with Crippen LogP contribution in [0.3, 0.4) is 0 Å². The summed E-state index contributed by atoms with van der Waals surface area (Å²) in [6, 6.07) is 4.70. The number of hydrogen-bond donors (Lipinski definition) is 1. The van der Waals surface area contributed by atoms with E-state index in [0.717, 1.165) is 12.3 Å². The molecular weight excluding hydrogens is 265 g/mol. The van der Waals surface area contributed by atoms with Gasteiger partial charge in [0.15, 0.2) is 5.69 Å². The number of alkyl halides is 3. The molecule has 0 atom stereocenters. The van der Waals surface area contributed by atoms with Crippen LogP contribution in [0.15, 0.2) is 30.5 Å². The molecule has 0 bridgehead atoms. The fourth-order valence-electron chi connectivity index (χ4n) is 1.58. The van der Waals surface area contributed by atoms with E-state index in [1.165, 1.54) is 18.2 Å². The van der Waals surface area contributed by atoms with Crippen LogP contribution in [0.2, 0.25) is 0 Å². The predicted molar refractivity (Wildman–Crippen MR) is 59.6 cm³/mol. The molecule has 0 aliphatic carbocycles. The highest BCUT2D eigenvalue weighted by Gasteiger charge is 2.38. The Morgan fingerprint density at radius 3 is 2.63 bits per heavy atom. The van der Waals surface area contributed by atoms with Crippen molar-refractivity contribution < 1.29 is 18.1 Å². The minimum Gasteiger partial charge on any atom is -0.396 e. The van der Waals surface area contributed by atoms with Gasteiger partial charge in [0.05, 0.1) is 22.5 Å². The fourth-order valence-corrected chi connectivity index (χ4v) is 1.58. The van der Waals surface area contributed by atoms with E-state index in [1.807, 2.05) is 0 Å². The third kappa shape index (κ3) is 2.34. The number of non-ortho nitro benzene ring substituents is 1. The normalized spacial score (nSPS) is 11.5. The molecule has 0 saturated heterocycles. The Balaban J connectivity index is 2.60. The number of nitrogens with zero attached hydrogens (tertiary/aromatic N) is 3. The summed E-state index contributed by atoms with van der Waals surface area (Å²) in [5, 5.41) is 14.1. The molecule has 0 aliphatic heterocycles. The van der Waals surface area contributed by atoms with Gasteiger partial charge in [0.25, 0.3) is 5.69 Å². The standard InChI is InChI=1S/C10H7F3N4O2/c11-10(12,13)9-8(14)5-15-16(9)6-2-1-3-7(4-6)17(18)19/h1-5H,14H2. The number of aromatic nitrogens is 2. The first-order valence-corrected chi connectivity index (χ1v) is 4.96. The van der Waals surface area contributed by atoms with E-state index >= 15 is 0 Å². The summed E-state index contributed by atoms with van der Waals surface area (Å²) in [5.74, 6) is 0. The van der Waals surface area contributed by atoms with Crippen LogP contribution >= 0.6 is 0 Å². The molecule has 0 amide bonds. The van der Waals surface area contributed by atoms with Crippen LogP contribution in [0.25, 0.3) is 5.69 Å². The van der Waals surface area contributed by atoms with E-state index in [9.17, 15) is 23.3 Å². The smallest absolute Gasteiger partial charge is 0.396 e. The number of nitrogen functional groups attached to an aromatic ring is 1. The molecule has 100 valence electrons. The lowest BCUT2D eigenvalue weighted by Gasteiger charge is -2.11. The first kappa shape index (κ1) is 12.9. The second-order valence-corrected chi connectivity index (χ2v) is 3.64. The van der Waals surface area contributed by atoms with Crippen molar-refractivity contribution in [1.82, 2.24) is 9.78 Å². The van der Waals surface area contributed by atoms with Gasteiger partial charge < -0.3 is 5.73 Å². The van der Waals surface area contributed by atoms with Gasteiger partial charge in [-0.15, -0.1) is 0 Å². The number of halogens is 3. The highest BCUT2D eigenvalue weighted by atomic mass is 19.4. The summed E-state index contributed by atoms with van der Waals surface area (Å²) in [5.41, 5.74) is 3.11. The maximum absolute atomic E-state index is 12.8. The van der Waals surface area contributed by atoms with Crippen molar-refractivity contribution in [2.45, 2.75) is 6.18 Å². The van der Waals surface area contributed by atoms with Crippen molar-refractivity contribution in [3.8, 4) is 5.69 Å². The number of nitro benzene ring substituents is 1. The first-order valence-electron chi connectivity index (χ1n) is 4.96. The summed E-state index contributed by atoms with van der Waals surface area (Å²) < 4.78 is 39.0. The average molecular weight is 272 g/mol. The number of nitro groups is 1. The van der Waals surface area contributed by atoms with E-state index in [4.69, 9.17) is 5.73 Å². The quantitative estimate of drug-likeness (QED) is 0.671. The SMILES string of the molecule is Nc1cnn(-c2cccc([N+](=O)[O-])c2)c1C(F)(F)F. The van der Waals surface area contributed by atoms with E-state index in [-0.39, 0.29) is 11.4 Å². The van der Waals surface area contributed by atoms with Crippen molar-refractivity contribution in [2.75, 3.05) is 5.73 Å². The molecule has 0 unspecified atom stereocenters. The fraction of sp³-hybridized carbons (Fsp3) is 0.100. The summed E-state index contributed by atoms with van der Waals surface area (Å²) >= 11 is 0. The van der Waals surface area contributed by atoms with Gasteiger partial charge in [-0.05, 0) is 6.07 Å². The topological polar surface area (TPSA) is 87.0 Å². The Labute approximate surface area is 104 Å². The third-order valence-electron chi connectivity index (χ3n) is 2.35. The molecule has 0 aliphatic rings. The number of anilines is 1. The van der Waals surface area contributed by atoms with Crippen LogP contribution in [0.1, 0.15) is 5.69 Å². The van der Waals surface area contributed by atoms with Gasteiger partial charge in [0, 0.05) is 12.1 Å². The van der Waals surface area contributed by atoms with Gasteiger partial charge in [-0.25, -0.2) is 4.68 Å². The summed E-state index contributed by atoms with van der Waals surface area (Å²) in [6.07, 6.45) is -3.85. The molecule has 19 heavy (non-hydrogen) atoms. The van der Waals surface area contributed by atoms with Crippen molar-refractivity contribution >= 4 is 11.4 Å². The number of hydrogen-bond acceptors (Lipinski definition) is 4. The molecule has 2 rings (SSSR count). The maximum Gasteiger partial charge on any atom is 0.435 e. The zero-order valence-corrected chi connectivity index (χ0v) is 9.26. The highest BCUT2D eigenvalue weighted by Crippen LogP contribution is 2.35. The zero-order chi connectivity index (χ0) is 14.2. The molecule has 1 heterocycles. The minimum absolute atomic E-state index is 0.0850. The summed E-state index contributed by atoms with van der Waals surface area (Å²) in [4.78, 5) is 9.90. The molecule has 6 nitrogen and oxygen atoms in total. The molecule has 0 saturated carbocycles. The monoisotopic (exact) mass is 272 g/mol. The van der Waals surface area contributed by atoms with E-state index in [1.54, 1.807) is 0 Å². The molecule has 9 heteroatoms. The third-order valence-corrected chi connectivity index (χ3v) is 2.35. The molecule has 0 spiro atoms. The van der Waals surface area contributed by atoms with Gasteiger partial charge in [-0.3, -0.25) is 10.1 Å². The van der Waals surface area contributed by atoms with Crippen molar-refractivity contribution in [1.29, 1.82) is 0 Å². The summed E-state index contributed by atoms with van der Waals surface area (Å²) in [7, 11) is 0. The highest BCUT2D eigenvalue weighted by molar-refractivity contribution is 5.50. The summed E-state index contributed by atoms with van der Waals surface area (Å²) in [6.45, 7) is 0. The second-order valence-electron chi connectivity index (χ2n) is 3.64. The molecule has 0 fully saturated rings. The van der Waals surface area contributed by atoms with Gasteiger partial charge >= 0.3 is 6.18 Å². The van der Waals surface area contributed by atoms with Crippen LogP contribution in [-0.4, -0.2) is 14.7 Å². The largest absolute Gasteiger partial charge is 0.435 e. The second kappa shape index (κ2) is 4.26. The molecule has 2 aromatic rings. The Bertz CT molecular complexity index is 636. The van der Waals surface area contributed by atoms with Crippen LogP contribution in [0, 0.1) is 10.1 Å². The van der Waals surface area contributed by atoms with E-state index in [0.29, 0.717) is 4.68 Å². The van der Waals surface area contributed by atoms with Crippen molar-refractivity contribution in [3.63, 3.8) is 0 Å². The minimum atomic E-state index is -4.70. The number of nitrogens with two attached hydrogens (primary N) is 1. The first-order chi connectivity index (χ1) is 8.80. The molecule has 2 N–H and O–H groups in total. The lowest BCUT2D eigenvalue weighted by Crippen LogP contribution is -2.15. The lowest BCUT2D eigenvalue weighted by molar-refractivity contribution is -0.384. The zero-order valence-electron chi connectivity index (χ0n) is 9.26. The van der Waals surface area contributed by atoms with Gasteiger partial charge in [-0.2, -0.15) is 18.3 Å². The van der Waals surface area contributed by atoms with Crippen LogP contribution < -0.4 is 5.73 Å². The average Bonchev–Trinajstić information content (AvgIpc) is 2.71. The predicted octanol–water partition coefficient (Wildman–Crippen LogP) is 2.38. The Hall–Kier alpha value is -2.58. The van der Waals surface area contributed by atoms with Crippen molar-refractivity contribution in [3.05, 3.63) is 46.3 Å². The van der Waals surface area contributed by atoms with Gasteiger partial charge in [-0.1, -0.05) is 6.07 Å². The lowest BCUT2D eigenvalue weighted by atomic mass is 10.2. The van der Waals surface area contributed by atoms with E-state index < -0.39 is 22.5 Å². The molecule has 0 radical (unpaired) electrons. The van der Waals surface area contributed by atoms with Gasteiger partial charge in [0.1, 0.15) is 0 Å². The molecular formula is C10H7F3N4O2. The molecule has 1 aromatic heterocycles. The van der Waals surface area contributed by atoms with Crippen LogP contribution in [0.4, 0.5) is 24.5 Å².